The van der Waals surface area contributed by atoms with Gasteiger partial charge in [-0.05, 0) is 18.9 Å². The van der Waals surface area contributed by atoms with Gasteiger partial charge in [0.1, 0.15) is 0 Å². The van der Waals surface area contributed by atoms with Gasteiger partial charge in [-0.3, -0.25) is 4.79 Å². The van der Waals surface area contributed by atoms with Crippen LogP contribution >= 0.6 is 0 Å². The van der Waals surface area contributed by atoms with E-state index in [4.69, 9.17) is 5.11 Å². The van der Waals surface area contributed by atoms with Crippen molar-refractivity contribution in [1.29, 1.82) is 0 Å². The summed E-state index contributed by atoms with van der Waals surface area (Å²) >= 11 is 0. The van der Waals surface area contributed by atoms with Crippen molar-refractivity contribution in [2.24, 2.45) is 0 Å². The molecule has 1 rings (SSSR count). The summed E-state index contributed by atoms with van der Waals surface area (Å²) < 4.78 is 0. The molecule has 14 heavy (non-hydrogen) atoms. The molecule has 1 aromatic rings. The Kier molecular flexibility index (Phi) is 4.04. The first-order valence-electron chi connectivity index (χ1n) is 4.76. The van der Waals surface area contributed by atoms with Gasteiger partial charge in [0.2, 0.25) is 0 Å². The maximum Gasteiger partial charge on any atom is 0.303 e. The minimum Gasteiger partial charge on any atom is -0.481 e. The summed E-state index contributed by atoms with van der Waals surface area (Å²) in [6, 6.07) is 2.00. The molecule has 0 saturated heterocycles. The fraction of sp³-hybridized carbons (Fsp3) is 0.500. The summed E-state index contributed by atoms with van der Waals surface area (Å²) in [4.78, 5) is 15.3. The minimum absolute atomic E-state index is 0.265. The summed E-state index contributed by atoms with van der Waals surface area (Å²) in [6.45, 7) is 0.894. The lowest BCUT2D eigenvalue weighted by molar-refractivity contribution is -0.137. The van der Waals surface area contributed by atoms with E-state index < -0.39 is 5.97 Å². The molecule has 0 radical (unpaired) electrons. The Hall–Kier alpha value is -1.45. The van der Waals surface area contributed by atoms with Crippen molar-refractivity contribution in [2.45, 2.75) is 19.3 Å². The molecule has 0 aliphatic rings. The first-order valence-corrected chi connectivity index (χ1v) is 4.76. The Morgan fingerprint density at radius 3 is 2.93 bits per heavy atom. The van der Waals surface area contributed by atoms with Crippen LogP contribution in [-0.2, 0) is 4.79 Å². The average Bonchev–Trinajstić information content (AvgIpc) is 2.64. The van der Waals surface area contributed by atoms with E-state index in [2.05, 4.69) is 9.88 Å². The van der Waals surface area contributed by atoms with E-state index in [1.165, 1.54) is 0 Å². The van der Waals surface area contributed by atoms with Crippen molar-refractivity contribution in [1.82, 2.24) is 4.98 Å². The molecule has 0 amide bonds. The van der Waals surface area contributed by atoms with Crippen LogP contribution in [0.3, 0.4) is 0 Å². The molecule has 0 spiro atoms. The van der Waals surface area contributed by atoms with E-state index in [0.717, 1.165) is 25.1 Å². The number of hydrogen-bond donors (Lipinski definition) is 2. The lowest BCUT2D eigenvalue weighted by Crippen LogP contribution is -2.17. The summed E-state index contributed by atoms with van der Waals surface area (Å²) in [7, 11) is 2.00. The molecule has 0 saturated carbocycles. The number of H-pyrrole nitrogens is 1. The zero-order valence-electron chi connectivity index (χ0n) is 8.36. The van der Waals surface area contributed by atoms with Gasteiger partial charge in [0.15, 0.2) is 0 Å². The van der Waals surface area contributed by atoms with Gasteiger partial charge in [-0.25, -0.2) is 0 Å². The van der Waals surface area contributed by atoms with E-state index in [9.17, 15) is 4.79 Å². The van der Waals surface area contributed by atoms with Crippen LogP contribution in [0.5, 0.6) is 0 Å². The minimum atomic E-state index is -0.714. The molecule has 0 fully saturated rings. The predicted molar refractivity (Wildman–Crippen MR) is 55.5 cm³/mol. The SMILES string of the molecule is CN(CCCCC(=O)O)c1cc[nH]c1. The summed E-state index contributed by atoms with van der Waals surface area (Å²) in [5.41, 5.74) is 1.14. The van der Waals surface area contributed by atoms with E-state index in [1.54, 1.807) is 0 Å². The van der Waals surface area contributed by atoms with Gasteiger partial charge in [0.05, 0.1) is 5.69 Å². The van der Waals surface area contributed by atoms with Crippen LogP contribution in [0.2, 0.25) is 0 Å². The van der Waals surface area contributed by atoms with Crippen LogP contribution in [0.1, 0.15) is 19.3 Å². The van der Waals surface area contributed by atoms with Crippen LogP contribution in [0.4, 0.5) is 5.69 Å². The molecule has 4 heteroatoms. The number of anilines is 1. The number of carboxylic acids is 1. The largest absolute Gasteiger partial charge is 0.481 e. The second-order valence-electron chi connectivity index (χ2n) is 3.34. The Morgan fingerprint density at radius 1 is 1.57 bits per heavy atom. The van der Waals surface area contributed by atoms with Crippen molar-refractivity contribution in [3.63, 3.8) is 0 Å². The Labute approximate surface area is 83.5 Å². The lowest BCUT2D eigenvalue weighted by Gasteiger charge is -2.16. The van der Waals surface area contributed by atoms with Gasteiger partial charge in [-0.2, -0.15) is 0 Å². The van der Waals surface area contributed by atoms with Crippen LogP contribution in [0.15, 0.2) is 18.5 Å². The van der Waals surface area contributed by atoms with Gasteiger partial charge < -0.3 is 15.0 Å². The number of aromatic nitrogens is 1. The second kappa shape index (κ2) is 5.32. The summed E-state index contributed by atoms with van der Waals surface area (Å²) in [6.07, 6.45) is 5.72. The third kappa shape index (κ3) is 3.51. The number of aliphatic carboxylic acids is 1. The topological polar surface area (TPSA) is 56.3 Å². The van der Waals surface area contributed by atoms with Crippen molar-refractivity contribution < 1.29 is 9.90 Å². The second-order valence-corrected chi connectivity index (χ2v) is 3.34. The Balaban J connectivity index is 2.16. The number of hydrogen-bond acceptors (Lipinski definition) is 2. The highest BCUT2D eigenvalue weighted by molar-refractivity contribution is 5.66. The molecule has 0 unspecified atom stereocenters. The Bertz CT molecular complexity index is 270. The highest BCUT2D eigenvalue weighted by Gasteiger charge is 2.01. The molecule has 0 aromatic carbocycles. The van der Waals surface area contributed by atoms with E-state index in [0.29, 0.717) is 0 Å². The zero-order chi connectivity index (χ0) is 10.4. The number of nitrogens with one attached hydrogen (secondary N) is 1. The van der Waals surface area contributed by atoms with Gasteiger partial charge in [0, 0.05) is 32.4 Å². The number of aromatic amines is 1. The number of rotatable bonds is 6. The molecule has 0 bridgehead atoms. The molecule has 1 heterocycles. The van der Waals surface area contributed by atoms with Crippen LogP contribution < -0.4 is 4.90 Å². The fourth-order valence-electron chi connectivity index (χ4n) is 1.31. The average molecular weight is 196 g/mol. The standard InChI is InChI=1S/C10H16N2O2/c1-12(9-5-6-11-8-9)7-3-2-4-10(13)14/h5-6,8,11H,2-4,7H2,1H3,(H,13,14). The molecule has 2 N–H and O–H groups in total. The molecule has 0 aliphatic heterocycles. The molecule has 1 aromatic heterocycles. The van der Waals surface area contributed by atoms with Gasteiger partial charge >= 0.3 is 5.97 Å². The van der Waals surface area contributed by atoms with Crippen LogP contribution in [0.25, 0.3) is 0 Å². The van der Waals surface area contributed by atoms with Crippen molar-refractivity contribution in [3.05, 3.63) is 18.5 Å². The quantitative estimate of drug-likeness (QED) is 0.681. The van der Waals surface area contributed by atoms with Gasteiger partial charge in [-0.1, -0.05) is 0 Å². The smallest absolute Gasteiger partial charge is 0.303 e. The van der Waals surface area contributed by atoms with Crippen LogP contribution in [-0.4, -0.2) is 29.7 Å². The van der Waals surface area contributed by atoms with Crippen LogP contribution in [0, 0.1) is 0 Å². The maximum atomic E-state index is 10.3. The molecular weight excluding hydrogens is 180 g/mol. The lowest BCUT2D eigenvalue weighted by atomic mass is 10.2. The normalized spacial score (nSPS) is 10.1. The fourth-order valence-corrected chi connectivity index (χ4v) is 1.31. The third-order valence-corrected chi connectivity index (χ3v) is 2.16. The highest BCUT2D eigenvalue weighted by atomic mass is 16.4. The predicted octanol–water partition coefficient (Wildman–Crippen LogP) is 1.71. The molecule has 0 aliphatic carbocycles. The molecular formula is C10H16N2O2. The summed E-state index contributed by atoms with van der Waals surface area (Å²) in [5.74, 6) is -0.714. The molecule has 4 nitrogen and oxygen atoms in total. The monoisotopic (exact) mass is 196 g/mol. The molecule has 0 atom stereocenters. The number of unbranched alkanes of at least 4 members (excludes halogenated alkanes) is 1. The first kappa shape index (κ1) is 10.6. The first-order chi connectivity index (χ1) is 6.70. The van der Waals surface area contributed by atoms with Crippen molar-refractivity contribution >= 4 is 11.7 Å². The van der Waals surface area contributed by atoms with E-state index >= 15 is 0 Å². The third-order valence-electron chi connectivity index (χ3n) is 2.16. The number of carbonyl (C=O) groups is 1. The Morgan fingerprint density at radius 2 is 2.36 bits per heavy atom. The maximum absolute atomic E-state index is 10.3. The van der Waals surface area contributed by atoms with Gasteiger partial charge in [-0.15, -0.1) is 0 Å². The highest BCUT2D eigenvalue weighted by Crippen LogP contribution is 2.10. The molecule has 78 valence electrons. The van der Waals surface area contributed by atoms with Gasteiger partial charge in [0.25, 0.3) is 0 Å². The number of carboxylic acid groups (broad SMARTS) is 1. The van der Waals surface area contributed by atoms with E-state index in [-0.39, 0.29) is 6.42 Å². The van der Waals surface area contributed by atoms with E-state index in [1.807, 2.05) is 25.5 Å². The van der Waals surface area contributed by atoms with Crippen molar-refractivity contribution in [3.8, 4) is 0 Å². The zero-order valence-corrected chi connectivity index (χ0v) is 8.36. The van der Waals surface area contributed by atoms with Crippen molar-refractivity contribution in [2.75, 3.05) is 18.5 Å². The summed E-state index contributed by atoms with van der Waals surface area (Å²) in [5, 5.41) is 8.44. The number of nitrogens with zero attached hydrogens (tertiary/aromatic N) is 1.